The SMILES string of the molecule is COc1cc(C(=O)OCC2OC(Oc3ccc(OC4OC(COC(=O)c5cc(OC)c(O)c(OC)c5)C(O)C(O)C4O)cc3OC)C(O)C(O)C2O)ccc1O. The molecule has 0 aliphatic carbocycles. The number of esters is 2. The molecule has 10 atom stereocenters. The fourth-order valence-corrected chi connectivity index (χ4v) is 5.68. The molecule has 2 aliphatic heterocycles. The minimum Gasteiger partial charge on any atom is -0.504 e. The van der Waals surface area contributed by atoms with Crippen molar-refractivity contribution in [3.8, 4) is 46.0 Å². The first-order valence-electron chi connectivity index (χ1n) is 16.8. The van der Waals surface area contributed by atoms with Gasteiger partial charge in [-0.15, -0.1) is 0 Å². The molecule has 0 aromatic heterocycles. The van der Waals surface area contributed by atoms with E-state index in [4.69, 9.17) is 47.4 Å². The van der Waals surface area contributed by atoms with E-state index in [1.807, 2.05) is 0 Å². The van der Waals surface area contributed by atoms with Gasteiger partial charge in [0.2, 0.25) is 18.3 Å². The fraction of sp³-hybridized carbons (Fsp3) is 0.444. The molecule has 0 saturated carbocycles. The van der Waals surface area contributed by atoms with Gasteiger partial charge in [0.1, 0.15) is 67.8 Å². The minimum absolute atomic E-state index is 0.00883. The molecule has 2 heterocycles. The third kappa shape index (κ3) is 9.03. The molecule has 20 nitrogen and oxygen atoms in total. The largest absolute Gasteiger partial charge is 0.504 e. The number of benzene rings is 3. The Morgan fingerprint density at radius 2 is 1.02 bits per heavy atom. The summed E-state index contributed by atoms with van der Waals surface area (Å²) >= 11 is 0. The molecule has 0 amide bonds. The highest BCUT2D eigenvalue weighted by molar-refractivity contribution is 5.91. The Labute approximate surface area is 318 Å². The molecule has 2 aliphatic rings. The van der Waals surface area contributed by atoms with Crippen LogP contribution in [-0.2, 0) is 18.9 Å². The standard InChI is InChI=1S/C36H42O20/c1-47-20-9-15(5-7-18(20)37)33(45)51-13-25-28(40)30(42)32(44)36(56-25)54-19-8-6-17(12-21(19)48-2)53-35-31(43)29(41)27(39)24(55-35)14-52-34(46)16-10-22(49-3)26(38)23(11-16)50-4/h5-12,24-25,27-32,35-44H,13-14H2,1-4H3. The van der Waals surface area contributed by atoms with E-state index in [0.717, 1.165) is 0 Å². The van der Waals surface area contributed by atoms with Gasteiger partial charge in [-0.1, -0.05) is 0 Å². The normalized spacial score (nSPS) is 27.4. The van der Waals surface area contributed by atoms with Crippen LogP contribution in [0.3, 0.4) is 0 Å². The number of methoxy groups -OCH3 is 4. The minimum atomic E-state index is -1.81. The number of carbonyl (C=O) groups excluding carboxylic acids is 2. The molecule has 3 aromatic rings. The van der Waals surface area contributed by atoms with Gasteiger partial charge in [-0.2, -0.15) is 0 Å². The second-order valence-corrected chi connectivity index (χ2v) is 12.4. The third-order valence-electron chi connectivity index (χ3n) is 8.86. The van der Waals surface area contributed by atoms with Crippen LogP contribution in [0.2, 0.25) is 0 Å². The van der Waals surface area contributed by atoms with Crippen molar-refractivity contribution in [2.24, 2.45) is 0 Å². The van der Waals surface area contributed by atoms with E-state index in [2.05, 4.69) is 0 Å². The number of carbonyl (C=O) groups is 2. The molecule has 0 bridgehead atoms. The first kappa shape index (κ1) is 41.8. The van der Waals surface area contributed by atoms with Crippen LogP contribution in [0.25, 0.3) is 0 Å². The van der Waals surface area contributed by atoms with Crippen LogP contribution in [0.1, 0.15) is 20.7 Å². The second-order valence-electron chi connectivity index (χ2n) is 12.4. The number of aromatic hydroxyl groups is 2. The van der Waals surface area contributed by atoms with Crippen molar-refractivity contribution in [2.45, 2.75) is 61.4 Å². The summed E-state index contributed by atoms with van der Waals surface area (Å²) in [6.07, 6.45) is -16.6. The molecule has 0 radical (unpaired) electrons. The molecular formula is C36H42O20. The lowest BCUT2D eigenvalue weighted by Crippen LogP contribution is -2.60. The zero-order valence-electron chi connectivity index (χ0n) is 30.3. The van der Waals surface area contributed by atoms with Crippen molar-refractivity contribution in [1.29, 1.82) is 0 Å². The van der Waals surface area contributed by atoms with Gasteiger partial charge < -0.3 is 88.2 Å². The van der Waals surface area contributed by atoms with Crippen molar-refractivity contribution in [2.75, 3.05) is 41.7 Å². The summed E-state index contributed by atoms with van der Waals surface area (Å²) in [5.74, 6) is -2.57. The van der Waals surface area contributed by atoms with Gasteiger partial charge >= 0.3 is 11.9 Å². The second kappa shape index (κ2) is 18.1. The quantitative estimate of drug-likeness (QED) is 0.0929. The average Bonchev–Trinajstić information content (AvgIpc) is 3.20. The van der Waals surface area contributed by atoms with Crippen LogP contribution >= 0.6 is 0 Å². The molecule has 306 valence electrons. The molecule has 3 aromatic carbocycles. The number of aliphatic hydroxyl groups excluding tert-OH is 6. The van der Waals surface area contributed by atoms with Crippen LogP contribution in [0.4, 0.5) is 0 Å². The summed E-state index contributed by atoms with van der Waals surface area (Å²) in [7, 11) is 5.09. The van der Waals surface area contributed by atoms with E-state index in [1.54, 1.807) is 0 Å². The molecule has 56 heavy (non-hydrogen) atoms. The van der Waals surface area contributed by atoms with Crippen molar-refractivity contribution in [3.63, 3.8) is 0 Å². The van der Waals surface area contributed by atoms with Gasteiger partial charge in [0.25, 0.3) is 0 Å². The van der Waals surface area contributed by atoms with Crippen LogP contribution in [0, 0.1) is 0 Å². The van der Waals surface area contributed by atoms with E-state index in [9.17, 15) is 50.4 Å². The number of aliphatic hydroxyl groups is 6. The van der Waals surface area contributed by atoms with Crippen LogP contribution < -0.4 is 28.4 Å². The summed E-state index contributed by atoms with van der Waals surface area (Å²) < 4.78 is 53.8. The van der Waals surface area contributed by atoms with Crippen LogP contribution in [-0.4, -0.2) is 156 Å². The maximum atomic E-state index is 12.8. The Bertz CT molecular complexity index is 1810. The van der Waals surface area contributed by atoms with E-state index >= 15 is 0 Å². The maximum Gasteiger partial charge on any atom is 0.338 e. The van der Waals surface area contributed by atoms with Gasteiger partial charge in [-0.3, -0.25) is 0 Å². The summed E-state index contributed by atoms with van der Waals surface area (Å²) in [5.41, 5.74) is -0.0677. The van der Waals surface area contributed by atoms with Crippen molar-refractivity contribution >= 4 is 11.9 Å². The number of hydrogen-bond acceptors (Lipinski definition) is 20. The number of phenols is 2. The molecule has 0 spiro atoms. The van der Waals surface area contributed by atoms with E-state index < -0.39 is 86.6 Å². The lowest BCUT2D eigenvalue weighted by atomic mass is 9.99. The monoisotopic (exact) mass is 794 g/mol. The lowest BCUT2D eigenvalue weighted by molar-refractivity contribution is -0.278. The molecule has 2 fully saturated rings. The highest BCUT2D eigenvalue weighted by Crippen LogP contribution is 2.38. The van der Waals surface area contributed by atoms with Gasteiger partial charge in [-0.25, -0.2) is 9.59 Å². The van der Waals surface area contributed by atoms with Crippen LogP contribution in [0.5, 0.6) is 46.0 Å². The predicted octanol–water partition coefficient (Wildman–Crippen LogP) is -0.781. The Kier molecular flexibility index (Phi) is 13.5. The Morgan fingerprint density at radius 3 is 1.54 bits per heavy atom. The predicted molar refractivity (Wildman–Crippen MR) is 184 cm³/mol. The zero-order valence-corrected chi connectivity index (χ0v) is 30.3. The summed E-state index contributed by atoms with van der Waals surface area (Å²) in [5, 5.41) is 83.4. The van der Waals surface area contributed by atoms with Gasteiger partial charge in [-0.05, 0) is 42.5 Å². The third-order valence-corrected chi connectivity index (χ3v) is 8.86. The topological polar surface area (TPSA) is 288 Å². The highest BCUT2D eigenvalue weighted by Gasteiger charge is 2.47. The Balaban J connectivity index is 1.23. The molecule has 20 heteroatoms. The first-order chi connectivity index (χ1) is 26.7. The highest BCUT2D eigenvalue weighted by atomic mass is 16.7. The number of hydrogen-bond donors (Lipinski definition) is 8. The van der Waals surface area contributed by atoms with Crippen LogP contribution in [0.15, 0.2) is 48.5 Å². The molecule has 8 N–H and O–H groups in total. The van der Waals surface area contributed by atoms with E-state index in [0.29, 0.717) is 0 Å². The smallest absolute Gasteiger partial charge is 0.338 e. The van der Waals surface area contributed by atoms with E-state index in [-0.39, 0.29) is 57.1 Å². The van der Waals surface area contributed by atoms with Crippen molar-refractivity contribution < 1.29 is 97.8 Å². The van der Waals surface area contributed by atoms with E-state index in [1.165, 1.54) is 77.0 Å². The maximum absolute atomic E-state index is 12.8. The van der Waals surface area contributed by atoms with Gasteiger partial charge in [0.05, 0.1) is 39.6 Å². The number of rotatable bonds is 14. The first-order valence-corrected chi connectivity index (χ1v) is 16.8. The Morgan fingerprint density at radius 1 is 0.536 bits per heavy atom. The lowest BCUT2D eigenvalue weighted by Gasteiger charge is -2.40. The molecule has 5 rings (SSSR count). The number of ether oxygens (including phenoxy) is 10. The molecule has 2 saturated heterocycles. The average molecular weight is 795 g/mol. The van der Waals surface area contributed by atoms with Gasteiger partial charge in [0, 0.05) is 6.07 Å². The summed E-state index contributed by atoms with van der Waals surface area (Å²) in [6, 6.07) is 10.0. The van der Waals surface area contributed by atoms with Gasteiger partial charge in [0.15, 0.2) is 34.5 Å². The molecule has 10 unspecified atom stereocenters. The fourth-order valence-electron chi connectivity index (χ4n) is 5.68. The van der Waals surface area contributed by atoms with Crippen molar-refractivity contribution in [3.05, 3.63) is 59.7 Å². The summed E-state index contributed by atoms with van der Waals surface area (Å²) in [4.78, 5) is 25.4. The number of phenolic OH excluding ortho intramolecular Hbond substituents is 2. The zero-order chi connectivity index (χ0) is 40.8. The van der Waals surface area contributed by atoms with Crippen molar-refractivity contribution in [1.82, 2.24) is 0 Å². The summed E-state index contributed by atoms with van der Waals surface area (Å²) in [6.45, 7) is -1.19. The Hall–Kier alpha value is -5.32. The molecular weight excluding hydrogens is 752 g/mol.